The summed E-state index contributed by atoms with van der Waals surface area (Å²) in [4.78, 5) is 47.8. The van der Waals surface area contributed by atoms with Crippen molar-refractivity contribution in [3.63, 3.8) is 0 Å². The second kappa shape index (κ2) is 11.8. The zero-order valence-corrected chi connectivity index (χ0v) is 16.9. The van der Waals surface area contributed by atoms with Gasteiger partial charge in [0.15, 0.2) is 0 Å². The molecule has 8 N–H and O–H groups in total. The molecule has 0 aliphatic heterocycles. The van der Waals surface area contributed by atoms with E-state index in [1.165, 1.54) is 0 Å². The Bertz CT molecular complexity index is 710. The van der Waals surface area contributed by atoms with Crippen molar-refractivity contribution in [1.82, 2.24) is 10.6 Å². The van der Waals surface area contributed by atoms with Crippen LogP contribution in [0.25, 0.3) is 0 Å². The number of nitrogens with two attached hydrogens (primary N) is 3. The molecule has 0 saturated carbocycles. The molecule has 1 aromatic carbocycles. The molecule has 0 heterocycles. The van der Waals surface area contributed by atoms with Gasteiger partial charge in [-0.25, -0.2) is 0 Å². The van der Waals surface area contributed by atoms with E-state index >= 15 is 0 Å². The van der Waals surface area contributed by atoms with Crippen LogP contribution in [0.1, 0.15) is 38.7 Å². The Labute approximate surface area is 170 Å². The Kier molecular flexibility index (Phi) is 9.81. The number of primary amides is 2. The predicted molar refractivity (Wildman–Crippen MR) is 109 cm³/mol. The third-order valence-electron chi connectivity index (χ3n) is 4.77. The fourth-order valence-electron chi connectivity index (χ4n) is 2.76. The maximum atomic E-state index is 12.7. The number of rotatable bonds is 12. The Morgan fingerprint density at radius 3 is 2.14 bits per heavy atom. The largest absolute Gasteiger partial charge is 0.370 e. The van der Waals surface area contributed by atoms with Gasteiger partial charge in [0.1, 0.15) is 12.1 Å². The Morgan fingerprint density at radius 2 is 1.62 bits per heavy atom. The summed E-state index contributed by atoms with van der Waals surface area (Å²) >= 11 is 0. The van der Waals surface area contributed by atoms with Gasteiger partial charge < -0.3 is 27.8 Å². The first-order chi connectivity index (χ1) is 13.6. The van der Waals surface area contributed by atoms with Crippen LogP contribution in [-0.2, 0) is 25.6 Å². The van der Waals surface area contributed by atoms with E-state index in [9.17, 15) is 19.2 Å². The molecule has 160 valence electrons. The maximum absolute atomic E-state index is 12.7. The summed E-state index contributed by atoms with van der Waals surface area (Å²) in [6, 6.07) is 6.51. The summed E-state index contributed by atoms with van der Waals surface area (Å²) in [5.41, 5.74) is 17.3. The van der Waals surface area contributed by atoms with Gasteiger partial charge in [-0.1, -0.05) is 50.6 Å². The van der Waals surface area contributed by atoms with Crippen molar-refractivity contribution in [3.05, 3.63) is 35.9 Å². The number of hydrogen-bond donors (Lipinski definition) is 5. The Balaban J connectivity index is 2.81. The van der Waals surface area contributed by atoms with Crippen molar-refractivity contribution in [1.29, 1.82) is 0 Å². The van der Waals surface area contributed by atoms with Gasteiger partial charge in [0.2, 0.25) is 23.6 Å². The lowest BCUT2D eigenvalue weighted by Crippen LogP contribution is -2.57. The van der Waals surface area contributed by atoms with Crippen LogP contribution in [0.15, 0.2) is 30.3 Å². The van der Waals surface area contributed by atoms with E-state index in [1.807, 2.05) is 37.3 Å². The predicted octanol–water partition coefficient (Wildman–Crippen LogP) is -0.677. The van der Waals surface area contributed by atoms with Crippen LogP contribution in [0, 0.1) is 5.92 Å². The first kappa shape index (κ1) is 24.1. The third kappa shape index (κ3) is 8.30. The standard InChI is InChI=1S/C20H31N5O4/c1-3-12(2)17(20(29)24-15(18(23)27)9-10-16(22)26)25-19(28)14(21)11-13-7-5-4-6-8-13/h4-8,12,14-15,17H,3,9-11,21H2,1-2H3,(H2,22,26)(H2,23,27)(H,24,29)(H,25,28). The van der Waals surface area contributed by atoms with Crippen molar-refractivity contribution in [2.75, 3.05) is 0 Å². The van der Waals surface area contributed by atoms with E-state index in [-0.39, 0.29) is 18.8 Å². The topological polar surface area (TPSA) is 170 Å². The molecule has 4 atom stereocenters. The summed E-state index contributed by atoms with van der Waals surface area (Å²) in [6.07, 6.45) is 0.820. The van der Waals surface area contributed by atoms with E-state index in [0.29, 0.717) is 12.8 Å². The fraction of sp³-hybridized carbons (Fsp3) is 0.500. The van der Waals surface area contributed by atoms with E-state index in [1.54, 1.807) is 6.92 Å². The van der Waals surface area contributed by atoms with Crippen molar-refractivity contribution < 1.29 is 19.2 Å². The van der Waals surface area contributed by atoms with Crippen LogP contribution in [0.5, 0.6) is 0 Å². The molecule has 0 aromatic heterocycles. The molecule has 1 rings (SSSR count). The van der Waals surface area contributed by atoms with Crippen molar-refractivity contribution in [2.45, 2.75) is 57.7 Å². The number of hydrogen-bond acceptors (Lipinski definition) is 5. The highest BCUT2D eigenvalue weighted by Gasteiger charge is 2.30. The van der Waals surface area contributed by atoms with Gasteiger partial charge in [-0.15, -0.1) is 0 Å². The lowest BCUT2D eigenvalue weighted by atomic mass is 9.96. The molecule has 4 amide bonds. The molecule has 0 saturated heterocycles. The summed E-state index contributed by atoms with van der Waals surface area (Å²) in [6.45, 7) is 3.68. The molecule has 0 fully saturated rings. The van der Waals surface area contributed by atoms with Gasteiger partial charge in [0.05, 0.1) is 6.04 Å². The molecule has 0 aliphatic carbocycles. The Hall–Kier alpha value is -2.94. The van der Waals surface area contributed by atoms with Crippen LogP contribution < -0.4 is 27.8 Å². The van der Waals surface area contributed by atoms with Crippen LogP contribution in [0.2, 0.25) is 0 Å². The van der Waals surface area contributed by atoms with Gasteiger partial charge in [-0.2, -0.15) is 0 Å². The molecular formula is C20H31N5O4. The Morgan fingerprint density at radius 1 is 1.00 bits per heavy atom. The zero-order chi connectivity index (χ0) is 22.0. The summed E-state index contributed by atoms with van der Waals surface area (Å²) < 4.78 is 0. The average Bonchev–Trinajstić information content (AvgIpc) is 2.68. The quantitative estimate of drug-likeness (QED) is 0.310. The second-order valence-corrected chi connectivity index (χ2v) is 7.14. The monoisotopic (exact) mass is 405 g/mol. The van der Waals surface area contributed by atoms with Crippen LogP contribution in [0.3, 0.4) is 0 Å². The molecule has 0 radical (unpaired) electrons. The molecule has 29 heavy (non-hydrogen) atoms. The van der Waals surface area contributed by atoms with E-state index < -0.39 is 41.8 Å². The highest BCUT2D eigenvalue weighted by molar-refractivity contribution is 5.93. The van der Waals surface area contributed by atoms with Crippen molar-refractivity contribution in [3.8, 4) is 0 Å². The molecule has 9 nitrogen and oxygen atoms in total. The van der Waals surface area contributed by atoms with Gasteiger partial charge >= 0.3 is 0 Å². The van der Waals surface area contributed by atoms with Gasteiger partial charge in [-0.3, -0.25) is 19.2 Å². The summed E-state index contributed by atoms with van der Waals surface area (Å²) in [7, 11) is 0. The SMILES string of the molecule is CCC(C)C(NC(=O)C(N)Cc1ccccc1)C(=O)NC(CCC(N)=O)C(N)=O. The number of benzene rings is 1. The first-order valence-electron chi connectivity index (χ1n) is 9.63. The fourth-order valence-corrected chi connectivity index (χ4v) is 2.76. The average molecular weight is 405 g/mol. The van der Waals surface area contributed by atoms with Gasteiger partial charge in [0, 0.05) is 6.42 Å². The molecule has 0 aliphatic rings. The van der Waals surface area contributed by atoms with Crippen LogP contribution >= 0.6 is 0 Å². The van der Waals surface area contributed by atoms with Crippen molar-refractivity contribution >= 4 is 23.6 Å². The van der Waals surface area contributed by atoms with E-state index in [2.05, 4.69) is 10.6 Å². The third-order valence-corrected chi connectivity index (χ3v) is 4.77. The minimum Gasteiger partial charge on any atom is -0.370 e. The summed E-state index contributed by atoms with van der Waals surface area (Å²) in [5.74, 6) is -2.64. The molecule has 0 spiro atoms. The highest BCUT2D eigenvalue weighted by Crippen LogP contribution is 2.10. The van der Waals surface area contributed by atoms with E-state index in [0.717, 1.165) is 5.56 Å². The van der Waals surface area contributed by atoms with Crippen LogP contribution in [0.4, 0.5) is 0 Å². The molecular weight excluding hydrogens is 374 g/mol. The molecule has 0 bridgehead atoms. The maximum Gasteiger partial charge on any atom is 0.243 e. The van der Waals surface area contributed by atoms with Gasteiger partial charge in [0.25, 0.3) is 0 Å². The molecule has 4 unspecified atom stereocenters. The molecule has 1 aromatic rings. The van der Waals surface area contributed by atoms with Crippen LogP contribution in [-0.4, -0.2) is 41.8 Å². The second-order valence-electron chi connectivity index (χ2n) is 7.14. The number of carbonyl (C=O) groups is 4. The minimum atomic E-state index is -1.06. The van der Waals surface area contributed by atoms with Gasteiger partial charge in [-0.05, 0) is 24.3 Å². The van der Waals surface area contributed by atoms with Crippen molar-refractivity contribution in [2.24, 2.45) is 23.1 Å². The summed E-state index contributed by atoms with van der Waals surface area (Å²) in [5, 5.41) is 5.18. The smallest absolute Gasteiger partial charge is 0.243 e. The highest BCUT2D eigenvalue weighted by atomic mass is 16.2. The lowest BCUT2D eigenvalue weighted by molar-refractivity contribution is -0.133. The molecule has 9 heteroatoms. The lowest BCUT2D eigenvalue weighted by Gasteiger charge is -2.27. The van der Waals surface area contributed by atoms with E-state index in [4.69, 9.17) is 17.2 Å². The zero-order valence-electron chi connectivity index (χ0n) is 16.9. The normalized spacial score (nSPS) is 14.9. The number of nitrogens with one attached hydrogen (secondary N) is 2. The number of carbonyl (C=O) groups excluding carboxylic acids is 4. The first-order valence-corrected chi connectivity index (χ1v) is 9.63. The number of amides is 4. The minimum absolute atomic E-state index is 0.00883.